The molecule has 0 bridgehead atoms. The maximum absolute atomic E-state index is 12.7. The van der Waals surface area contributed by atoms with E-state index >= 15 is 0 Å². The summed E-state index contributed by atoms with van der Waals surface area (Å²) in [7, 11) is 1.63. The second-order valence-electron chi connectivity index (χ2n) is 16.8. The minimum Gasteiger partial charge on any atom is -0.457 e. The molecular formula is C48H91NO7P+. The van der Waals surface area contributed by atoms with Gasteiger partial charge in [-0.2, -0.15) is 0 Å². The lowest BCUT2D eigenvalue weighted by Crippen LogP contribution is -2.37. The summed E-state index contributed by atoms with van der Waals surface area (Å²) in [6.45, 7) is 5.37. The number of rotatable bonds is 43. The number of carbonyl (C=O) groups excluding carboxylic acids is 1. The third-order valence-electron chi connectivity index (χ3n) is 9.90. The van der Waals surface area contributed by atoms with E-state index in [2.05, 4.69) is 62.5 Å². The van der Waals surface area contributed by atoms with E-state index in [4.69, 9.17) is 18.5 Å². The van der Waals surface area contributed by atoms with Crippen molar-refractivity contribution in [1.82, 2.24) is 0 Å². The Hall–Kier alpha value is -1.54. The molecule has 0 aromatic rings. The monoisotopic (exact) mass is 825 g/mol. The Balaban J connectivity index is 4.20. The smallest absolute Gasteiger partial charge is 0.457 e. The molecule has 0 spiro atoms. The fraction of sp³-hybridized carbons (Fsp3) is 0.812. The van der Waals surface area contributed by atoms with E-state index in [-0.39, 0.29) is 25.8 Å². The number of nitrogens with zero attached hydrogens (tertiary/aromatic N) is 1. The predicted molar refractivity (Wildman–Crippen MR) is 243 cm³/mol. The van der Waals surface area contributed by atoms with Crippen LogP contribution in [0.1, 0.15) is 194 Å². The Labute approximate surface area is 352 Å². The maximum Gasteiger partial charge on any atom is 0.472 e. The van der Waals surface area contributed by atoms with Gasteiger partial charge in [0.2, 0.25) is 0 Å². The van der Waals surface area contributed by atoms with Crippen LogP contribution in [0.15, 0.2) is 48.6 Å². The number of phosphoric acid groups is 1. The molecule has 9 heteroatoms. The van der Waals surface area contributed by atoms with Gasteiger partial charge in [0.25, 0.3) is 0 Å². The molecule has 334 valence electrons. The number of allylic oxidation sites excluding steroid dienone is 8. The van der Waals surface area contributed by atoms with E-state index in [0.29, 0.717) is 24.1 Å². The Morgan fingerprint density at radius 2 is 1.00 bits per heavy atom. The number of hydrogen-bond donors (Lipinski definition) is 1. The number of carbonyl (C=O) groups is 1. The predicted octanol–water partition coefficient (Wildman–Crippen LogP) is 13.9. The summed E-state index contributed by atoms with van der Waals surface area (Å²) >= 11 is 0. The molecule has 2 unspecified atom stereocenters. The van der Waals surface area contributed by atoms with Crippen molar-refractivity contribution < 1.29 is 37.3 Å². The molecule has 57 heavy (non-hydrogen) atoms. The molecule has 0 fully saturated rings. The van der Waals surface area contributed by atoms with Crippen LogP contribution >= 0.6 is 7.82 Å². The summed E-state index contributed by atoms with van der Waals surface area (Å²) in [5, 5.41) is 0. The van der Waals surface area contributed by atoms with Gasteiger partial charge in [0.05, 0.1) is 34.4 Å². The summed E-state index contributed by atoms with van der Waals surface area (Å²) in [6, 6.07) is 0. The number of unbranched alkanes of at least 4 members (excludes halogenated alkanes) is 21. The molecule has 0 amide bonds. The van der Waals surface area contributed by atoms with Crippen LogP contribution in [0.3, 0.4) is 0 Å². The van der Waals surface area contributed by atoms with Gasteiger partial charge in [-0.25, -0.2) is 4.57 Å². The zero-order chi connectivity index (χ0) is 42.0. The van der Waals surface area contributed by atoms with Crippen LogP contribution in [0.25, 0.3) is 0 Å². The Morgan fingerprint density at radius 3 is 1.46 bits per heavy atom. The van der Waals surface area contributed by atoms with Gasteiger partial charge < -0.3 is 18.9 Å². The van der Waals surface area contributed by atoms with Crippen LogP contribution in [-0.2, 0) is 27.9 Å². The van der Waals surface area contributed by atoms with Crippen LogP contribution in [0.4, 0.5) is 0 Å². The molecule has 0 radical (unpaired) electrons. The number of esters is 1. The van der Waals surface area contributed by atoms with Crippen molar-refractivity contribution in [3.8, 4) is 0 Å². The van der Waals surface area contributed by atoms with E-state index in [9.17, 15) is 14.3 Å². The van der Waals surface area contributed by atoms with Crippen molar-refractivity contribution in [2.75, 3.05) is 54.1 Å². The lowest BCUT2D eigenvalue weighted by Gasteiger charge is -2.24. The molecule has 0 saturated carbocycles. The second-order valence-corrected chi connectivity index (χ2v) is 18.2. The van der Waals surface area contributed by atoms with Crippen molar-refractivity contribution in [3.63, 3.8) is 0 Å². The standard InChI is InChI=1S/C48H90NO7P/c1-6-8-10-12-14-16-18-20-22-23-24-25-26-27-28-29-31-33-35-37-39-41-48(50)56-47(46-55-57(51,52)54-44-42-49(3,4)5)45-53-43-40-38-36-34-32-30-21-19-17-15-13-11-9-7-2/h9,11,15,17,21,30,34,36,47H,6-8,10,12-14,16,18-20,22-29,31-33,35,37-46H2,1-5H3/p+1/b11-9-,17-15-,30-21-,36-34-. The third-order valence-corrected chi connectivity index (χ3v) is 10.9. The average molecular weight is 825 g/mol. The minimum atomic E-state index is -4.29. The highest BCUT2D eigenvalue weighted by Crippen LogP contribution is 2.43. The zero-order valence-corrected chi connectivity index (χ0v) is 38.7. The molecule has 0 aliphatic rings. The van der Waals surface area contributed by atoms with Crippen LogP contribution in [0.2, 0.25) is 0 Å². The van der Waals surface area contributed by atoms with Gasteiger partial charge in [0.1, 0.15) is 19.3 Å². The number of hydrogen-bond acceptors (Lipinski definition) is 6. The topological polar surface area (TPSA) is 91.3 Å². The fourth-order valence-corrected chi connectivity index (χ4v) is 7.06. The van der Waals surface area contributed by atoms with Gasteiger partial charge >= 0.3 is 13.8 Å². The second kappa shape index (κ2) is 41.2. The molecule has 8 nitrogen and oxygen atoms in total. The molecule has 0 aliphatic heterocycles. The third kappa shape index (κ3) is 45.4. The SMILES string of the molecule is CC/C=C\C/C=C\C/C=C\C/C=C\CCCOCC(COP(=O)(O)OCC[N+](C)(C)C)OC(=O)CCCCCCCCCCCCCCCCCCCCCCC. The molecule has 0 aliphatic carbocycles. The van der Waals surface area contributed by atoms with E-state index in [0.717, 1.165) is 57.8 Å². The fourth-order valence-electron chi connectivity index (χ4n) is 6.32. The lowest BCUT2D eigenvalue weighted by atomic mass is 10.0. The van der Waals surface area contributed by atoms with Crippen molar-refractivity contribution in [1.29, 1.82) is 0 Å². The highest BCUT2D eigenvalue weighted by Gasteiger charge is 2.26. The molecule has 0 aromatic carbocycles. The van der Waals surface area contributed by atoms with Crippen LogP contribution < -0.4 is 0 Å². The first-order valence-corrected chi connectivity index (χ1v) is 24.9. The minimum absolute atomic E-state index is 0.0784. The van der Waals surface area contributed by atoms with Crippen molar-refractivity contribution in [3.05, 3.63) is 48.6 Å². The molecule has 2 atom stereocenters. The van der Waals surface area contributed by atoms with Gasteiger partial charge in [0.15, 0.2) is 0 Å². The van der Waals surface area contributed by atoms with E-state index < -0.39 is 13.9 Å². The molecule has 0 heterocycles. The van der Waals surface area contributed by atoms with Crippen molar-refractivity contribution in [2.24, 2.45) is 0 Å². The molecule has 0 rings (SSSR count). The first-order valence-electron chi connectivity index (χ1n) is 23.4. The highest BCUT2D eigenvalue weighted by molar-refractivity contribution is 7.47. The summed E-state index contributed by atoms with van der Waals surface area (Å²) in [5.41, 5.74) is 0. The summed E-state index contributed by atoms with van der Waals surface area (Å²) in [5.74, 6) is -0.330. The largest absolute Gasteiger partial charge is 0.472 e. The van der Waals surface area contributed by atoms with Crippen LogP contribution in [-0.4, -0.2) is 75.6 Å². The maximum atomic E-state index is 12.7. The first-order chi connectivity index (χ1) is 27.6. The number of likely N-dealkylation sites (N-methyl/N-ethyl adjacent to an activating group) is 1. The number of quaternary nitrogens is 1. The molecule has 1 N–H and O–H groups in total. The lowest BCUT2D eigenvalue weighted by molar-refractivity contribution is -0.870. The Morgan fingerprint density at radius 1 is 0.561 bits per heavy atom. The summed E-state index contributed by atoms with van der Waals surface area (Å²) in [4.78, 5) is 22.9. The van der Waals surface area contributed by atoms with E-state index in [1.807, 2.05) is 21.1 Å². The van der Waals surface area contributed by atoms with E-state index in [1.165, 1.54) is 116 Å². The summed E-state index contributed by atoms with van der Waals surface area (Å²) < 4.78 is 34.9. The van der Waals surface area contributed by atoms with Gasteiger partial charge in [-0.1, -0.05) is 191 Å². The average Bonchev–Trinajstić information content (AvgIpc) is 3.16. The Kier molecular flexibility index (Phi) is 40.1. The van der Waals surface area contributed by atoms with Gasteiger partial charge in [-0.05, 0) is 44.9 Å². The highest BCUT2D eigenvalue weighted by atomic mass is 31.2. The van der Waals surface area contributed by atoms with Crippen LogP contribution in [0, 0.1) is 0 Å². The zero-order valence-electron chi connectivity index (χ0n) is 37.8. The van der Waals surface area contributed by atoms with Crippen molar-refractivity contribution >= 4 is 13.8 Å². The van der Waals surface area contributed by atoms with Crippen LogP contribution in [0.5, 0.6) is 0 Å². The molecule has 0 aromatic heterocycles. The van der Waals surface area contributed by atoms with Gasteiger partial charge in [-0.3, -0.25) is 13.8 Å². The van der Waals surface area contributed by atoms with E-state index in [1.54, 1.807) is 0 Å². The van der Waals surface area contributed by atoms with Gasteiger partial charge in [0, 0.05) is 13.0 Å². The molecule has 0 saturated heterocycles. The summed E-state index contributed by atoms with van der Waals surface area (Å²) in [6.07, 6.45) is 50.3. The molecular weight excluding hydrogens is 734 g/mol. The Bertz CT molecular complexity index is 1050. The number of ether oxygens (including phenoxy) is 2. The normalized spacial score (nSPS) is 14.1. The first kappa shape index (κ1) is 55.5. The van der Waals surface area contributed by atoms with Gasteiger partial charge in [-0.15, -0.1) is 0 Å². The number of phosphoric ester groups is 1. The van der Waals surface area contributed by atoms with Crippen molar-refractivity contribution in [2.45, 2.75) is 200 Å². The quantitative estimate of drug-likeness (QED) is 0.0215.